The number of carboxylic acids is 1. The van der Waals surface area contributed by atoms with Crippen LogP contribution >= 0.6 is 24.8 Å². The van der Waals surface area contributed by atoms with Crippen LogP contribution in [0.15, 0.2) is 36.5 Å². The number of nitrogens with zero attached hydrogens (tertiary/aromatic N) is 3. The molecule has 104 valence electrons. The van der Waals surface area contributed by atoms with Crippen molar-refractivity contribution in [3.63, 3.8) is 0 Å². The van der Waals surface area contributed by atoms with Crippen molar-refractivity contribution in [1.29, 1.82) is 0 Å². The summed E-state index contributed by atoms with van der Waals surface area (Å²) in [6.45, 7) is 0.106. The third kappa shape index (κ3) is 4.51. The van der Waals surface area contributed by atoms with E-state index in [1.54, 1.807) is 6.20 Å². The molecule has 19 heavy (non-hydrogen) atoms. The first-order valence-electron chi connectivity index (χ1n) is 5.11. The van der Waals surface area contributed by atoms with Gasteiger partial charge in [0.1, 0.15) is 11.7 Å². The summed E-state index contributed by atoms with van der Waals surface area (Å²) >= 11 is 0. The monoisotopic (exact) mass is 304 g/mol. The molecule has 1 aromatic heterocycles. The standard InChI is InChI=1S/C11H12N4O2.2ClH/c12-9(11(16)17)6-15-7-10(13-14-15)8-4-2-1-3-5-8;;/h1-5,7,9H,6,12H2,(H,16,17);2*1H/t9-;;/m1../s1. The van der Waals surface area contributed by atoms with Crippen LogP contribution in [0.3, 0.4) is 0 Å². The number of benzene rings is 1. The van der Waals surface area contributed by atoms with Gasteiger partial charge in [-0.05, 0) is 0 Å². The molecule has 8 heteroatoms. The Balaban J connectivity index is 0.00000162. The summed E-state index contributed by atoms with van der Waals surface area (Å²) in [7, 11) is 0. The number of aliphatic carboxylic acids is 1. The van der Waals surface area contributed by atoms with Gasteiger partial charge in [-0.3, -0.25) is 4.79 Å². The first kappa shape index (κ1) is 17.4. The fourth-order valence-corrected chi connectivity index (χ4v) is 1.41. The molecule has 0 bridgehead atoms. The van der Waals surface area contributed by atoms with Crippen LogP contribution < -0.4 is 5.73 Å². The molecule has 0 aliphatic heterocycles. The number of rotatable bonds is 4. The number of hydrogen-bond acceptors (Lipinski definition) is 4. The lowest BCUT2D eigenvalue weighted by molar-refractivity contribution is -0.138. The van der Waals surface area contributed by atoms with Gasteiger partial charge in [-0.2, -0.15) is 0 Å². The van der Waals surface area contributed by atoms with Gasteiger partial charge in [0.2, 0.25) is 0 Å². The molecule has 0 saturated heterocycles. The molecule has 0 radical (unpaired) electrons. The Hall–Kier alpha value is -1.63. The van der Waals surface area contributed by atoms with Crippen molar-refractivity contribution in [2.24, 2.45) is 5.73 Å². The van der Waals surface area contributed by atoms with E-state index in [0.717, 1.165) is 5.56 Å². The van der Waals surface area contributed by atoms with Crippen molar-refractivity contribution >= 4 is 30.8 Å². The molecule has 2 rings (SSSR count). The SMILES string of the molecule is Cl.Cl.N[C@H](Cn1cc(-c2ccccc2)nn1)C(=O)O. The van der Waals surface area contributed by atoms with Crippen LogP contribution in [-0.4, -0.2) is 32.1 Å². The van der Waals surface area contributed by atoms with Crippen molar-refractivity contribution in [3.8, 4) is 11.3 Å². The van der Waals surface area contributed by atoms with Crippen LogP contribution in [0.1, 0.15) is 0 Å². The van der Waals surface area contributed by atoms with E-state index >= 15 is 0 Å². The van der Waals surface area contributed by atoms with Crippen LogP contribution in [-0.2, 0) is 11.3 Å². The smallest absolute Gasteiger partial charge is 0.322 e. The Kier molecular flexibility index (Phi) is 7.06. The van der Waals surface area contributed by atoms with Crippen LogP contribution in [0, 0.1) is 0 Å². The van der Waals surface area contributed by atoms with E-state index in [4.69, 9.17) is 10.8 Å². The summed E-state index contributed by atoms with van der Waals surface area (Å²) in [5.41, 5.74) is 7.04. The second kappa shape index (κ2) is 7.73. The summed E-state index contributed by atoms with van der Waals surface area (Å²) in [5, 5.41) is 16.5. The molecule has 0 amide bonds. The molecule has 0 spiro atoms. The normalized spacial score (nSPS) is 11.0. The first-order valence-corrected chi connectivity index (χ1v) is 5.11. The van der Waals surface area contributed by atoms with Gasteiger partial charge in [0.15, 0.2) is 0 Å². The van der Waals surface area contributed by atoms with Crippen molar-refractivity contribution in [2.45, 2.75) is 12.6 Å². The zero-order valence-electron chi connectivity index (χ0n) is 9.84. The third-order valence-corrected chi connectivity index (χ3v) is 2.31. The highest BCUT2D eigenvalue weighted by Crippen LogP contribution is 2.14. The maximum absolute atomic E-state index is 10.6. The van der Waals surface area contributed by atoms with Crippen LogP contribution in [0.25, 0.3) is 11.3 Å². The number of carbonyl (C=O) groups is 1. The highest BCUT2D eigenvalue weighted by Gasteiger charge is 2.13. The third-order valence-electron chi connectivity index (χ3n) is 2.31. The number of aromatic nitrogens is 3. The van der Waals surface area contributed by atoms with E-state index in [9.17, 15) is 4.79 Å². The van der Waals surface area contributed by atoms with Gasteiger partial charge in [0, 0.05) is 5.56 Å². The minimum absolute atomic E-state index is 0. The Morgan fingerprint density at radius 3 is 2.53 bits per heavy atom. The Bertz CT molecular complexity index is 518. The number of halogens is 2. The molecule has 1 heterocycles. The molecule has 1 atom stereocenters. The van der Waals surface area contributed by atoms with E-state index in [-0.39, 0.29) is 31.4 Å². The number of nitrogens with two attached hydrogens (primary N) is 1. The fraction of sp³-hybridized carbons (Fsp3) is 0.182. The molecule has 3 N–H and O–H groups in total. The molecule has 1 aromatic carbocycles. The molecule has 6 nitrogen and oxygen atoms in total. The molecule has 2 aromatic rings. The number of hydrogen-bond donors (Lipinski definition) is 2. The molecule has 0 saturated carbocycles. The Labute approximate surface area is 122 Å². The van der Waals surface area contributed by atoms with Crippen molar-refractivity contribution in [3.05, 3.63) is 36.5 Å². The predicted octanol–water partition coefficient (Wildman–Crippen LogP) is 1.20. The maximum Gasteiger partial charge on any atom is 0.322 e. The fourth-order valence-electron chi connectivity index (χ4n) is 1.41. The minimum Gasteiger partial charge on any atom is -0.480 e. The molecule has 0 aliphatic carbocycles. The molecular formula is C11H14Cl2N4O2. The van der Waals surface area contributed by atoms with Gasteiger partial charge in [-0.15, -0.1) is 29.9 Å². The topological polar surface area (TPSA) is 94.0 Å². The Morgan fingerprint density at radius 1 is 1.32 bits per heavy atom. The largest absolute Gasteiger partial charge is 0.480 e. The van der Waals surface area contributed by atoms with Crippen molar-refractivity contribution < 1.29 is 9.90 Å². The Morgan fingerprint density at radius 2 is 1.95 bits per heavy atom. The van der Waals surface area contributed by atoms with E-state index in [0.29, 0.717) is 5.69 Å². The molecular weight excluding hydrogens is 291 g/mol. The lowest BCUT2D eigenvalue weighted by Gasteiger charge is -2.04. The van der Waals surface area contributed by atoms with Crippen LogP contribution in [0.2, 0.25) is 0 Å². The first-order chi connectivity index (χ1) is 8.16. The summed E-state index contributed by atoms with van der Waals surface area (Å²) in [6.07, 6.45) is 1.68. The lowest BCUT2D eigenvalue weighted by atomic mass is 10.2. The highest BCUT2D eigenvalue weighted by molar-refractivity contribution is 5.85. The summed E-state index contributed by atoms with van der Waals surface area (Å²) in [6, 6.07) is 8.56. The summed E-state index contributed by atoms with van der Waals surface area (Å²) in [4.78, 5) is 10.6. The molecule has 0 fully saturated rings. The van der Waals surface area contributed by atoms with Gasteiger partial charge in [-0.1, -0.05) is 35.5 Å². The van der Waals surface area contributed by atoms with Gasteiger partial charge in [-0.25, -0.2) is 4.68 Å². The zero-order valence-corrected chi connectivity index (χ0v) is 11.5. The van der Waals surface area contributed by atoms with Gasteiger partial charge in [0.05, 0.1) is 12.7 Å². The molecule has 0 unspecified atom stereocenters. The van der Waals surface area contributed by atoms with E-state index in [2.05, 4.69) is 10.3 Å². The van der Waals surface area contributed by atoms with Crippen LogP contribution in [0.5, 0.6) is 0 Å². The maximum atomic E-state index is 10.6. The van der Waals surface area contributed by atoms with Gasteiger partial charge in [0.25, 0.3) is 0 Å². The summed E-state index contributed by atoms with van der Waals surface area (Å²) < 4.78 is 1.43. The van der Waals surface area contributed by atoms with Crippen molar-refractivity contribution in [1.82, 2.24) is 15.0 Å². The average Bonchev–Trinajstić information content (AvgIpc) is 2.78. The second-order valence-electron chi connectivity index (χ2n) is 3.64. The number of carboxylic acid groups (broad SMARTS) is 1. The van der Waals surface area contributed by atoms with E-state index < -0.39 is 12.0 Å². The van der Waals surface area contributed by atoms with E-state index in [1.165, 1.54) is 4.68 Å². The highest BCUT2D eigenvalue weighted by atomic mass is 35.5. The lowest BCUT2D eigenvalue weighted by Crippen LogP contribution is -2.34. The predicted molar refractivity (Wildman–Crippen MR) is 75.6 cm³/mol. The van der Waals surface area contributed by atoms with Crippen molar-refractivity contribution in [2.75, 3.05) is 0 Å². The van der Waals surface area contributed by atoms with Gasteiger partial charge < -0.3 is 10.8 Å². The molecule has 0 aliphatic rings. The summed E-state index contributed by atoms with van der Waals surface area (Å²) in [5.74, 6) is -1.05. The minimum atomic E-state index is -1.05. The zero-order chi connectivity index (χ0) is 12.3. The second-order valence-corrected chi connectivity index (χ2v) is 3.64. The average molecular weight is 305 g/mol. The van der Waals surface area contributed by atoms with E-state index in [1.807, 2.05) is 30.3 Å². The van der Waals surface area contributed by atoms with Crippen LogP contribution in [0.4, 0.5) is 0 Å². The van der Waals surface area contributed by atoms with Gasteiger partial charge >= 0.3 is 5.97 Å². The quantitative estimate of drug-likeness (QED) is 0.885.